The van der Waals surface area contributed by atoms with Crippen LogP contribution in [-0.2, 0) is 11.2 Å². The third kappa shape index (κ3) is 11.6. The number of pyridine rings is 1. The number of rotatable bonds is 16. The van der Waals surface area contributed by atoms with Crippen molar-refractivity contribution in [2.24, 2.45) is 23.2 Å². The summed E-state index contributed by atoms with van der Waals surface area (Å²) in [4.78, 5) is 16.9. The van der Waals surface area contributed by atoms with E-state index in [1.807, 2.05) is 12.3 Å². The number of carbonyl (C=O) groups is 1. The third-order valence-electron chi connectivity index (χ3n) is 6.57. The summed E-state index contributed by atoms with van der Waals surface area (Å²) >= 11 is 0. The molecule has 0 radical (unpaired) electrons. The number of nitrogens with zero attached hydrogens (tertiary/aromatic N) is 1. The van der Waals surface area contributed by atoms with Crippen molar-refractivity contribution in [3.63, 3.8) is 0 Å². The zero-order chi connectivity index (χ0) is 21.7. The van der Waals surface area contributed by atoms with Crippen LogP contribution in [0.25, 0.3) is 0 Å². The largest absolute Gasteiger partial charge is 0.299 e. The van der Waals surface area contributed by atoms with E-state index in [9.17, 15) is 4.79 Å². The second kappa shape index (κ2) is 13.9. The second-order valence-electron chi connectivity index (χ2n) is 10.3. The molecule has 0 N–H and O–H groups in total. The monoisotopic (exact) mass is 401 g/mol. The molecule has 1 rings (SSSR count). The van der Waals surface area contributed by atoms with Crippen LogP contribution in [0.15, 0.2) is 24.4 Å². The van der Waals surface area contributed by atoms with Crippen molar-refractivity contribution in [2.75, 3.05) is 0 Å². The molecule has 3 unspecified atom stereocenters. The van der Waals surface area contributed by atoms with Gasteiger partial charge in [-0.1, -0.05) is 92.6 Å². The van der Waals surface area contributed by atoms with Crippen LogP contribution in [0, 0.1) is 23.2 Å². The van der Waals surface area contributed by atoms with Gasteiger partial charge in [-0.2, -0.15) is 0 Å². The van der Waals surface area contributed by atoms with Gasteiger partial charge in [0.2, 0.25) is 0 Å². The summed E-state index contributed by atoms with van der Waals surface area (Å²) in [5, 5.41) is 0. The average molecular weight is 402 g/mol. The Balaban J connectivity index is 2.10. The predicted octanol–water partition coefficient (Wildman–Crippen LogP) is 8.05. The van der Waals surface area contributed by atoms with Gasteiger partial charge in [-0.3, -0.25) is 9.78 Å². The SMILES string of the molecule is CCCC(C)(C)C(=O)CCC(C)CCCC(C)CCCC(C)Cc1ccccn1. The molecule has 1 heterocycles. The molecule has 3 atom stereocenters. The van der Waals surface area contributed by atoms with Gasteiger partial charge in [0.1, 0.15) is 5.78 Å². The molecule has 1 aromatic heterocycles. The van der Waals surface area contributed by atoms with Gasteiger partial charge in [0.25, 0.3) is 0 Å². The molecule has 0 spiro atoms. The Kier molecular flexibility index (Phi) is 12.4. The van der Waals surface area contributed by atoms with Crippen LogP contribution in [0.4, 0.5) is 0 Å². The Labute approximate surface area is 181 Å². The molecule has 2 nitrogen and oxygen atoms in total. The van der Waals surface area contributed by atoms with Gasteiger partial charge >= 0.3 is 0 Å². The van der Waals surface area contributed by atoms with Crippen molar-refractivity contribution in [2.45, 2.75) is 112 Å². The van der Waals surface area contributed by atoms with E-state index >= 15 is 0 Å². The molecule has 0 bridgehead atoms. The minimum atomic E-state index is -0.128. The number of carbonyl (C=O) groups excluding carboxylic acids is 1. The molecule has 0 aromatic carbocycles. The highest BCUT2D eigenvalue weighted by Gasteiger charge is 2.25. The number of Topliss-reactive ketones (excluding diaryl/α,β-unsaturated/α-hetero) is 1. The fourth-order valence-electron chi connectivity index (χ4n) is 4.38. The van der Waals surface area contributed by atoms with Gasteiger partial charge in [-0.05, 0) is 49.1 Å². The maximum Gasteiger partial charge on any atom is 0.138 e. The first kappa shape index (κ1) is 25.9. The second-order valence-corrected chi connectivity index (χ2v) is 10.3. The zero-order valence-corrected chi connectivity index (χ0v) is 20.2. The van der Waals surface area contributed by atoms with Crippen molar-refractivity contribution in [1.29, 1.82) is 0 Å². The highest BCUT2D eigenvalue weighted by atomic mass is 16.1. The maximum absolute atomic E-state index is 12.4. The van der Waals surface area contributed by atoms with E-state index in [1.54, 1.807) is 0 Å². The molecule has 0 amide bonds. The fraction of sp³-hybridized carbons (Fsp3) is 0.778. The Bertz CT molecular complexity index is 551. The molecular formula is C27H47NO. The van der Waals surface area contributed by atoms with Crippen LogP contribution in [0.1, 0.15) is 111 Å². The Morgan fingerprint density at radius 1 is 0.931 bits per heavy atom. The van der Waals surface area contributed by atoms with E-state index in [0.717, 1.165) is 38.0 Å². The summed E-state index contributed by atoms with van der Waals surface area (Å²) in [6.45, 7) is 13.5. The molecule has 2 heteroatoms. The van der Waals surface area contributed by atoms with Crippen molar-refractivity contribution >= 4 is 5.78 Å². The van der Waals surface area contributed by atoms with Crippen LogP contribution in [0.5, 0.6) is 0 Å². The lowest BCUT2D eigenvalue weighted by molar-refractivity contribution is -0.127. The first-order valence-corrected chi connectivity index (χ1v) is 12.2. The highest BCUT2D eigenvalue weighted by Crippen LogP contribution is 2.27. The molecular weight excluding hydrogens is 354 g/mol. The Hall–Kier alpha value is -1.18. The number of hydrogen-bond donors (Lipinski definition) is 0. The lowest BCUT2D eigenvalue weighted by Crippen LogP contribution is -2.24. The topological polar surface area (TPSA) is 30.0 Å². The highest BCUT2D eigenvalue weighted by molar-refractivity contribution is 5.83. The predicted molar refractivity (Wildman–Crippen MR) is 126 cm³/mol. The molecule has 0 saturated carbocycles. The number of hydrogen-bond acceptors (Lipinski definition) is 2. The average Bonchev–Trinajstić information content (AvgIpc) is 2.66. The van der Waals surface area contributed by atoms with Crippen molar-refractivity contribution in [3.05, 3.63) is 30.1 Å². The first-order valence-electron chi connectivity index (χ1n) is 12.2. The van der Waals surface area contributed by atoms with E-state index < -0.39 is 0 Å². The van der Waals surface area contributed by atoms with Crippen molar-refractivity contribution in [1.82, 2.24) is 4.98 Å². The molecule has 0 saturated heterocycles. The summed E-state index contributed by atoms with van der Waals surface area (Å²) < 4.78 is 0. The van der Waals surface area contributed by atoms with Gasteiger partial charge < -0.3 is 0 Å². The molecule has 0 aliphatic carbocycles. The Morgan fingerprint density at radius 2 is 1.52 bits per heavy atom. The van der Waals surface area contributed by atoms with Gasteiger partial charge in [0.15, 0.2) is 0 Å². The van der Waals surface area contributed by atoms with E-state index in [4.69, 9.17) is 0 Å². The Morgan fingerprint density at radius 3 is 2.07 bits per heavy atom. The van der Waals surface area contributed by atoms with Crippen LogP contribution in [0.2, 0.25) is 0 Å². The van der Waals surface area contributed by atoms with Crippen LogP contribution in [0.3, 0.4) is 0 Å². The number of ketones is 1. The lowest BCUT2D eigenvalue weighted by Gasteiger charge is -2.23. The van der Waals surface area contributed by atoms with Crippen LogP contribution >= 0.6 is 0 Å². The zero-order valence-electron chi connectivity index (χ0n) is 20.2. The lowest BCUT2D eigenvalue weighted by atomic mass is 9.80. The van der Waals surface area contributed by atoms with Gasteiger partial charge in [0.05, 0.1) is 0 Å². The van der Waals surface area contributed by atoms with Gasteiger partial charge in [0, 0.05) is 23.7 Å². The fourth-order valence-corrected chi connectivity index (χ4v) is 4.38. The first-order chi connectivity index (χ1) is 13.7. The van der Waals surface area contributed by atoms with Crippen LogP contribution in [-0.4, -0.2) is 10.8 Å². The normalized spacial score (nSPS) is 15.1. The summed E-state index contributed by atoms with van der Waals surface area (Å²) in [7, 11) is 0. The van der Waals surface area contributed by atoms with E-state index in [1.165, 1.54) is 44.2 Å². The van der Waals surface area contributed by atoms with E-state index in [-0.39, 0.29) is 5.41 Å². The van der Waals surface area contributed by atoms with E-state index in [2.05, 4.69) is 58.7 Å². The standard InChI is InChI=1S/C27H47NO/c1-7-19-27(5,6)26(29)18-17-23(3)14-10-12-22(2)13-11-15-24(4)21-25-16-8-9-20-28-25/h8-9,16,20,22-24H,7,10-15,17-19,21H2,1-6H3. The quantitative estimate of drug-likeness (QED) is 0.280. The van der Waals surface area contributed by atoms with Gasteiger partial charge in [-0.15, -0.1) is 0 Å². The van der Waals surface area contributed by atoms with E-state index in [0.29, 0.717) is 17.6 Å². The van der Waals surface area contributed by atoms with Crippen molar-refractivity contribution in [3.8, 4) is 0 Å². The molecule has 0 fully saturated rings. The van der Waals surface area contributed by atoms with Crippen LogP contribution < -0.4 is 0 Å². The summed E-state index contributed by atoms with van der Waals surface area (Å²) in [5.41, 5.74) is 1.09. The minimum Gasteiger partial charge on any atom is -0.299 e. The molecule has 0 aliphatic heterocycles. The molecule has 29 heavy (non-hydrogen) atoms. The maximum atomic E-state index is 12.4. The summed E-state index contributed by atoms with van der Waals surface area (Å²) in [5.74, 6) is 2.65. The smallest absolute Gasteiger partial charge is 0.138 e. The minimum absolute atomic E-state index is 0.128. The molecule has 1 aromatic rings. The summed E-state index contributed by atoms with van der Waals surface area (Å²) in [6.07, 6.45) is 14.8. The molecule has 0 aliphatic rings. The molecule has 166 valence electrons. The third-order valence-corrected chi connectivity index (χ3v) is 6.57. The number of aromatic nitrogens is 1. The van der Waals surface area contributed by atoms with Gasteiger partial charge in [-0.25, -0.2) is 0 Å². The summed E-state index contributed by atoms with van der Waals surface area (Å²) in [6, 6.07) is 6.21. The van der Waals surface area contributed by atoms with Crippen molar-refractivity contribution < 1.29 is 4.79 Å².